The molecule has 4 bridgehead atoms. The lowest BCUT2D eigenvalue weighted by Gasteiger charge is -2.31. The smallest absolute Gasteiger partial charge is 0.0924 e. The van der Waals surface area contributed by atoms with Crippen LogP contribution in [0, 0.1) is 25.7 Å². The van der Waals surface area contributed by atoms with Gasteiger partial charge in [-0.25, -0.2) is 0 Å². The van der Waals surface area contributed by atoms with E-state index < -0.39 is 0 Å². The molecule has 4 fully saturated rings. The van der Waals surface area contributed by atoms with E-state index in [2.05, 4.69) is 104 Å². The van der Waals surface area contributed by atoms with Crippen molar-refractivity contribution < 1.29 is 18.9 Å². The maximum absolute atomic E-state index is 6.42. The van der Waals surface area contributed by atoms with Crippen molar-refractivity contribution in [3.8, 4) is 0 Å². The molecule has 40 heavy (non-hydrogen) atoms. The van der Waals surface area contributed by atoms with Gasteiger partial charge in [-0.1, -0.05) is 76.2 Å². The topological polar surface area (TPSA) is 36.9 Å². The lowest BCUT2D eigenvalue weighted by Crippen LogP contribution is -2.38. The third kappa shape index (κ3) is 5.54. The zero-order valence-electron chi connectivity index (χ0n) is 26.2. The summed E-state index contributed by atoms with van der Waals surface area (Å²) < 4.78 is 25.3. The number of benzene rings is 2. The van der Waals surface area contributed by atoms with Gasteiger partial charge in [-0.05, 0) is 87.5 Å². The molecule has 6 atom stereocenters. The number of aryl methyl sites for hydroxylation is 2. The average molecular weight is 549 g/mol. The quantitative estimate of drug-likeness (QED) is 0.331. The molecule has 6 rings (SSSR count). The molecule has 4 aliphatic heterocycles. The van der Waals surface area contributed by atoms with Crippen molar-refractivity contribution in [2.24, 2.45) is 11.8 Å². The van der Waals surface area contributed by atoms with Gasteiger partial charge in [-0.2, -0.15) is 0 Å². The van der Waals surface area contributed by atoms with E-state index in [1.807, 2.05) is 0 Å². The van der Waals surface area contributed by atoms with Crippen LogP contribution in [-0.2, 0) is 32.2 Å². The lowest BCUT2D eigenvalue weighted by atomic mass is 9.75. The SMILES string of the molecule is Cc1ccccc1CO[C@@H]1C[C@@]2(C(C)C)CC[C@]1(C)O2.Cc1ccccc1CO[C@H]1C[C@]2(C(C)C)CC[C@@]1(C)O2. The summed E-state index contributed by atoms with van der Waals surface area (Å²) in [5.74, 6) is 1.13. The minimum atomic E-state index is -0.0764. The first-order valence-electron chi connectivity index (χ1n) is 15.6. The van der Waals surface area contributed by atoms with Gasteiger partial charge in [0.25, 0.3) is 0 Å². The van der Waals surface area contributed by atoms with Crippen LogP contribution in [0.25, 0.3) is 0 Å². The molecular formula is C36H52O4. The zero-order chi connectivity index (χ0) is 28.8. The van der Waals surface area contributed by atoms with Crippen molar-refractivity contribution in [3.05, 3.63) is 70.8 Å². The normalized spacial score (nSPS) is 36.0. The van der Waals surface area contributed by atoms with Crippen LogP contribution in [0.15, 0.2) is 48.5 Å². The third-order valence-electron chi connectivity index (χ3n) is 10.9. The molecule has 4 heterocycles. The molecule has 0 aliphatic carbocycles. The van der Waals surface area contributed by atoms with Gasteiger partial charge >= 0.3 is 0 Å². The van der Waals surface area contributed by atoms with Crippen molar-refractivity contribution in [3.63, 3.8) is 0 Å². The van der Waals surface area contributed by atoms with E-state index in [0.717, 1.165) is 25.7 Å². The molecule has 2 aromatic rings. The van der Waals surface area contributed by atoms with E-state index >= 15 is 0 Å². The molecule has 0 aromatic heterocycles. The Morgan fingerprint density at radius 2 is 1.02 bits per heavy atom. The molecule has 0 saturated carbocycles. The average Bonchev–Trinajstić information content (AvgIpc) is 3.62. The van der Waals surface area contributed by atoms with Crippen LogP contribution in [0.2, 0.25) is 0 Å². The van der Waals surface area contributed by atoms with Crippen LogP contribution in [0.1, 0.15) is 102 Å². The monoisotopic (exact) mass is 548 g/mol. The minimum absolute atomic E-state index is 0.0607. The summed E-state index contributed by atoms with van der Waals surface area (Å²) in [5, 5.41) is 0. The van der Waals surface area contributed by atoms with Crippen molar-refractivity contribution in [2.75, 3.05) is 0 Å². The number of hydrogen-bond acceptors (Lipinski definition) is 4. The number of fused-ring (bicyclic) bond motifs is 4. The summed E-state index contributed by atoms with van der Waals surface area (Å²) in [5.41, 5.74) is 5.16. The minimum Gasteiger partial charge on any atom is -0.370 e. The Balaban J connectivity index is 0.000000161. The van der Waals surface area contributed by atoms with E-state index in [0.29, 0.717) is 25.0 Å². The Bertz CT molecular complexity index is 1080. The van der Waals surface area contributed by atoms with Gasteiger partial charge < -0.3 is 18.9 Å². The van der Waals surface area contributed by atoms with Crippen molar-refractivity contribution in [1.82, 2.24) is 0 Å². The Hall–Kier alpha value is -1.72. The van der Waals surface area contributed by atoms with Gasteiger partial charge in [0.2, 0.25) is 0 Å². The second-order valence-electron chi connectivity index (χ2n) is 14.1. The number of hydrogen-bond donors (Lipinski definition) is 0. The van der Waals surface area contributed by atoms with Crippen LogP contribution >= 0.6 is 0 Å². The molecule has 4 heteroatoms. The molecular weight excluding hydrogens is 496 g/mol. The fourth-order valence-corrected chi connectivity index (χ4v) is 7.53. The maximum atomic E-state index is 6.42. The van der Waals surface area contributed by atoms with Crippen molar-refractivity contribution in [1.29, 1.82) is 0 Å². The van der Waals surface area contributed by atoms with Crippen LogP contribution in [0.3, 0.4) is 0 Å². The van der Waals surface area contributed by atoms with E-state index in [1.165, 1.54) is 35.1 Å². The van der Waals surface area contributed by atoms with Crippen LogP contribution in [0.5, 0.6) is 0 Å². The van der Waals surface area contributed by atoms with Crippen LogP contribution in [-0.4, -0.2) is 34.6 Å². The Morgan fingerprint density at radius 3 is 1.35 bits per heavy atom. The molecule has 2 aromatic carbocycles. The van der Waals surface area contributed by atoms with Gasteiger partial charge in [0.15, 0.2) is 0 Å². The highest BCUT2D eigenvalue weighted by Gasteiger charge is 2.61. The maximum Gasteiger partial charge on any atom is 0.0924 e. The van der Waals surface area contributed by atoms with Gasteiger partial charge in [0, 0.05) is 12.8 Å². The predicted octanol–water partition coefficient (Wildman–Crippen LogP) is 8.50. The molecule has 0 unspecified atom stereocenters. The van der Waals surface area contributed by atoms with E-state index in [1.54, 1.807) is 0 Å². The first kappa shape index (κ1) is 29.8. The molecule has 4 saturated heterocycles. The lowest BCUT2D eigenvalue weighted by molar-refractivity contribution is -0.0961. The zero-order valence-corrected chi connectivity index (χ0v) is 26.2. The first-order valence-corrected chi connectivity index (χ1v) is 15.6. The van der Waals surface area contributed by atoms with Gasteiger partial charge in [-0.3, -0.25) is 0 Å². The fraction of sp³-hybridized carbons (Fsp3) is 0.667. The molecule has 0 amide bonds. The third-order valence-corrected chi connectivity index (χ3v) is 10.9. The Morgan fingerprint density at radius 1 is 0.650 bits per heavy atom. The van der Waals surface area contributed by atoms with Crippen LogP contribution in [0.4, 0.5) is 0 Å². The molecule has 0 spiro atoms. The molecule has 4 nitrogen and oxygen atoms in total. The summed E-state index contributed by atoms with van der Waals surface area (Å²) in [6.45, 7) is 19.2. The number of rotatable bonds is 8. The highest BCUT2D eigenvalue weighted by Crippen LogP contribution is 2.56. The molecule has 0 N–H and O–H groups in total. The largest absolute Gasteiger partial charge is 0.370 e. The van der Waals surface area contributed by atoms with Crippen molar-refractivity contribution >= 4 is 0 Å². The first-order chi connectivity index (χ1) is 18.9. The Kier molecular flexibility index (Phi) is 8.31. The molecule has 4 aliphatic rings. The molecule has 220 valence electrons. The fourth-order valence-electron chi connectivity index (χ4n) is 7.53. The highest BCUT2D eigenvalue weighted by atomic mass is 16.6. The molecule has 0 radical (unpaired) electrons. The predicted molar refractivity (Wildman–Crippen MR) is 161 cm³/mol. The van der Waals surface area contributed by atoms with Gasteiger partial charge in [-0.15, -0.1) is 0 Å². The summed E-state index contributed by atoms with van der Waals surface area (Å²) in [7, 11) is 0. The standard InChI is InChI=1S/2C18H26O2/c2*1-13(2)18-10-9-17(4,20-18)16(11-18)19-12-15-8-6-5-7-14(15)3/h2*5-8,13,16H,9-12H2,1-4H3/t2*16-,17+,18-/m10/s1. The van der Waals surface area contributed by atoms with E-state index in [-0.39, 0.29) is 34.6 Å². The van der Waals surface area contributed by atoms with Gasteiger partial charge in [0.05, 0.1) is 47.8 Å². The van der Waals surface area contributed by atoms with E-state index in [9.17, 15) is 0 Å². The van der Waals surface area contributed by atoms with Crippen molar-refractivity contribution in [2.45, 2.75) is 142 Å². The summed E-state index contributed by atoms with van der Waals surface area (Å²) in [6, 6.07) is 16.9. The summed E-state index contributed by atoms with van der Waals surface area (Å²) in [4.78, 5) is 0. The van der Waals surface area contributed by atoms with Crippen LogP contribution < -0.4 is 0 Å². The highest BCUT2D eigenvalue weighted by molar-refractivity contribution is 5.26. The van der Waals surface area contributed by atoms with Gasteiger partial charge in [0.1, 0.15) is 0 Å². The summed E-state index contributed by atoms with van der Waals surface area (Å²) in [6.07, 6.45) is 7.20. The second kappa shape index (κ2) is 11.2. The Labute approximate surface area is 243 Å². The number of ether oxygens (including phenoxy) is 4. The van der Waals surface area contributed by atoms with E-state index in [4.69, 9.17) is 18.9 Å². The second-order valence-corrected chi connectivity index (χ2v) is 14.1. The summed E-state index contributed by atoms with van der Waals surface area (Å²) >= 11 is 0.